The van der Waals surface area contributed by atoms with Crippen molar-refractivity contribution in [2.75, 3.05) is 4.90 Å². The molecule has 3 aromatic carbocycles. The normalized spacial score (nSPS) is 24.8. The van der Waals surface area contributed by atoms with Gasteiger partial charge in [-0.25, -0.2) is 9.29 Å². The lowest BCUT2D eigenvalue weighted by Crippen LogP contribution is -2.51. The minimum atomic E-state index is -2.14. The fraction of sp³-hybridized carbons (Fsp3) is 0.185. The molecule has 2 fully saturated rings. The van der Waals surface area contributed by atoms with Crippen LogP contribution in [0.2, 0.25) is 0 Å². The summed E-state index contributed by atoms with van der Waals surface area (Å²) in [5, 5.41) is 0. The largest absolute Gasteiger partial charge is 0.349 e. The van der Waals surface area contributed by atoms with Gasteiger partial charge in [-0.15, -0.1) is 0 Å². The zero-order chi connectivity index (χ0) is 23.8. The molecule has 0 radical (unpaired) electrons. The van der Waals surface area contributed by atoms with Crippen LogP contribution < -0.4 is 4.90 Å². The molecule has 168 valence electrons. The number of hydrogen-bond acceptors (Lipinski definition) is 5. The predicted octanol–water partition coefficient (Wildman–Crippen LogP) is 3.83. The van der Waals surface area contributed by atoms with Gasteiger partial charge in [0.05, 0.1) is 23.6 Å². The van der Waals surface area contributed by atoms with Gasteiger partial charge in [0.25, 0.3) is 0 Å². The summed E-state index contributed by atoms with van der Waals surface area (Å²) in [6.07, 6.45) is -1.07. The topological polar surface area (TPSA) is 80.8 Å². The molecule has 3 aliphatic rings. The fourth-order valence-corrected chi connectivity index (χ4v) is 5.52. The van der Waals surface area contributed by atoms with Crippen molar-refractivity contribution in [2.24, 2.45) is 11.8 Å². The molecule has 7 heteroatoms. The Kier molecular flexibility index (Phi) is 4.25. The van der Waals surface area contributed by atoms with E-state index in [-0.39, 0.29) is 11.1 Å². The molecule has 2 aliphatic heterocycles. The second-order valence-corrected chi connectivity index (χ2v) is 8.83. The lowest BCUT2D eigenvalue weighted by atomic mass is 9.77. The maximum atomic E-state index is 13.8. The number of nitrogens with zero attached hydrogens (tertiary/aromatic N) is 1. The third-order valence-electron chi connectivity index (χ3n) is 7.07. The molecule has 2 amide bonds. The van der Waals surface area contributed by atoms with E-state index in [0.717, 1.165) is 4.90 Å². The predicted molar refractivity (Wildman–Crippen MR) is 119 cm³/mol. The molecule has 3 aromatic rings. The zero-order valence-electron chi connectivity index (χ0n) is 18.0. The van der Waals surface area contributed by atoms with Gasteiger partial charge in [-0.05, 0) is 36.2 Å². The monoisotopic (exact) mass is 455 g/mol. The van der Waals surface area contributed by atoms with Gasteiger partial charge in [0.2, 0.25) is 29.0 Å². The van der Waals surface area contributed by atoms with Gasteiger partial charge in [-0.1, -0.05) is 54.6 Å². The highest BCUT2D eigenvalue weighted by atomic mass is 19.1. The molecular weight excluding hydrogens is 437 g/mol. The van der Waals surface area contributed by atoms with Crippen molar-refractivity contribution >= 4 is 29.1 Å². The van der Waals surface area contributed by atoms with E-state index in [4.69, 9.17) is 4.74 Å². The van der Waals surface area contributed by atoms with E-state index in [0.29, 0.717) is 16.8 Å². The van der Waals surface area contributed by atoms with Gasteiger partial charge in [-0.2, -0.15) is 0 Å². The van der Waals surface area contributed by atoms with Crippen LogP contribution in [-0.4, -0.2) is 29.0 Å². The van der Waals surface area contributed by atoms with Crippen LogP contribution in [0.25, 0.3) is 0 Å². The van der Waals surface area contributed by atoms with Crippen LogP contribution in [0.1, 0.15) is 37.9 Å². The number of carbonyl (C=O) groups is 4. The first-order valence-electron chi connectivity index (χ1n) is 10.9. The summed E-state index contributed by atoms with van der Waals surface area (Å²) in [6, 6.07) is 18.6. The molecule has 2 saturated heterocycles. The maximum absolute atomic E-state index is 13.8. The van der Waals surface area contributed by atoms with Crippen LogP contribution in [0.3, 0.4) is 0 Å². The van der Waals surface area contributed by atoms with E-state index in [1.807, 2.05) is 0 Å². The van der Waals surface area contributed by atoms with Crippen molar-refractivity contribution < 1.29 is 28.3 Å². The first-order valence-corrected chi connectivity index (χ1v) is 10.9. The first kappa shape index (κ1) is 20.6. The van der Waals surface area contributed by atoms with Crippen LogP contribution in [0.5, 0.6) is 0 Å². The Morgan fingerprint density at radius 2 is 1.38 bits per heavy atom. The average Bonchev–Trinajstić information content (AvgIpc) is 3.40. The van der Waals surface area contributed by atoms with Crippen LogP contribution >= 0.6 is 0 Å². The lowest BCUT2D eigenvalue weighted by Gasteiger charge is -2.27. The van der Waals surface area contributed by atoms with E-state index >= 15 is 0 Å². The molecule has 0 bridgehead atoms. The minimum absolute atomic E-state index is 0.167. The number of halogens is 1. The van der Waals surface area contributed by atoms with Crippen LogP contribution in [0.15, 0.2) is 72.8 Å². The number of imide groups is 1. The quantitative estimate of drug-likeness (QED) is 0.433. The number of hydrogen-bond donors (Lipinski definition) is 0. The Bertz CT molecular complexity index is 1380. The van der Waals surface area contributed by atoms with Gasteiger partial charge < -0.3 is 4.74 Å². The molecule has 6 nitrogen and oxygen atoms in total. The zero-order valence-corrected chi connectivity index (χ0v) is 18.0. The summed E-state index contributed by atoms with van der Waals surface area (Å²) in [7, 11) is 0. The molecule has 0 unspecified atom stereocenters. The molecular formula is C27H18FNO5. The van der Waals surface area contributed by atoms with Crippen molar-refractivity contribution in [1.29, 1.82) is 0 Å². The van der Waals surface area contributed by atoms with Gasteiger partial charge in [0.1, 0.15) is 5.82 Å². The summed E-state index contributed by atoms with van der Waals surface area (Å²) in [5.41, 5.74) is -0.295. The first-order chi connectivity index (χ1) is 16.4. The van der Waals surface area contributed by atoms with Crippen LogP contribution in [0, 0.1) is 24.6 Å². The lowest BCUT2D eigenvalue weighted by molar-refractivity contribution is -0.127. The SMILES string of the molecule is Cc1ccccc1N1C(=O)[C@@H]2[C@H](c3ccc(F)cc3)OC3(C(=O)c4ccccc4C3=O)[C@H]2C1=O. The van der Waals surface area contributed by atoms with E-state index in [2.05, 4.69) is 0 Å². The van der Waals surface area contributed by atoms with Crippen molar-refractivity contribution in [1.82, 2.24) is 0 Å². The second-order valence-electron chi connectivity index (χ2n) is 8.83. The second kappa shape index (κ2) is 7.01. The Hall–Kier alpha value is -3.97. The highest BCUT2D eigenvalue weighted by Gasteiger charge is 2.74. The van der Waals surface area contributed by atoms with Crippen molar-refractivity contribution in [3.8, 4) is 0 Å². The van der Waals surface area contributed by atoms with E-state index in [1.54, 1.807) is 43.3 Å². The molecule has 2 heterocycles. The molecule has 0 N–H and O–H groups in total. The summed E-state index contributed by atoms with van der Waals surface area (Å²) in [5.74, 6) is -5.37. The molecule has 34 heavy (non-hydrogen) atoms. The summed E-state index contributed by atoms with van der Waals surface area (Å²) in [4.78, 5) is 56.0. The molecule has 6 rings (SSSR count). The molecule has 0 saturated carbocycles. The number of para-hydroxylation sites is 1. The Balaban J connectivity index is 1.56. The van der Waals surface area contributed by atoms with Crippen molar-refractivity contribution in [3.05, 3.63) is 101 Å². The number of benzene rings is 3. The summed E-state index contributed by atoms with van der Waals surface area (Å²) >= 11 is 0. The summed E-state index contributed by atoms with van der Waals surface area (Å²) < 4.78 is 19.8. The summed E-state index contributed by atoms with van der Waals surface area (Å²) in [6.45, 7) is 1.77. The highest BCUT2D eigenvalue weighted by Crippen LogP contribution is 2.57. The average molecular weight is 455 g/mol. The molecule has 0 aromatic heterocycles. The third-order valence-corrected chi connectivity index (χ3v) is 7.07. The van der Waals surface area contributed by atoms with E-state index in [1.165, 1.54) is 36.4 Å². The molecule has 1 aliphatic carbocycles. The van der Waals surface area contributed by atoms with Gasteiger partial charge in [-0.3, -0.25) is 19.2 Å². The number of fused-ring (bicyclic) bond motifs is 3. The Morgan fingerprint density at radius 1 is 0.794 bits per heavy atom. The Morgan fingerprint density at radius 3 is 2.00 bits per heavy atom. The number of amides is 2. The number of ketones is 2. The van der Waals surface area contributed by atoms with Gasteiger partial charge in [0.15, 0.2) is 0 Å². The molecule has 1 spiro atoms. The number of rotatable bonds is 2. The smallest absolute Gasteiger partial charge is 0.241 e. The fourth-order valence-electron chi connectivity index (χ4n) is 5.52. The van der Waals surface area contributed by atoms with E-state index < -0.39 is 52.7 Å². The van der Waals surface area contributed by atoms with Crippen LogP contribution in [-0.2, 0) is 14.3 Å². The number of Topliss-reactive ketones (excluding diaryl/α,β-unsaturated/α-hetero) is 2. The molecule has 3 atom stereocenters. The van der Waals surface area contributed by atoms with Crippen molar-refractivity contribution in [3.63, 3.8) is 0 Å². The van der Waals surface area contributed by atoms with Gasteiger partial charge >= 0.3 is 0 Å². The number of anilines is 1. The van der Waals surface area contributed by atoms with Crippen LogP contribution in [0.4, 0.5) is 10.1 Å². The Labute approximate surface area is 193 Å². The number of ether oxygens (including phenoxy) is 1. The van der Waals surface area contributed by atoms with Gasteiger partial charge in [0, 0.05) is 11.1 Å². The maximum Gasteiger partial charge on any atom is 0.241 e. The number of aryl methyl sites for hydroxylation is 1. The number of carbonyl (C=O) groups excluding carboxylic acids is 4. The third kappa shape index (κ3) is 2.47. The highest BCUT2D eigenvalue weighted by molar-refractivity contribution is 6.37. The minimum Gasteiger partial charge on any atom is -0.349 e. The standard InChI is InChI=1S/C27H18FNO5/c1-14-6-2-5-9-19(14)29-25(32)20-21(26(29)33)27(34-22(20)15-10-12-16(28)13-11-15)23(30)17-7-3-4-8-18(17)24(27)31/h2-13,20-22H,1H3/t20-,21+,22-/m0/s1. The van der Waals surface area contributed by atoms with E-state index in [9.17, 15) is 23.6 Å². The van der Waals surface area contributed by atoms with Crippen molar-refractivity contribution in [2.45, 2.75) is 18.6 Å².